The van der Waals surface area contributed by atoms with Crippen molar-refractivity contribution < 1.29 is 19.1 Å². The third-order valence-corrected chi connectivity index (χ3v) is 5.68. The molecule has 0 unspecified atom stereocenters. The van der Waals surface area contributed by atoms with Crippen LogP contribution in [-0.2, 0) is 13.1 Å². The molecular formula is C22H25N3O4. The van der Waals surface area contributed by atoms with Crippen molar-refractivity contribution in [1.82, 2.24) is 15.2 Å². The van der Waals surface area contributed by atoms with Crippen LogP contribution in [-0.4, -0.2) is 42.0 Å². The second-order valence-corrected chi connectivity index (χ2v) is 7.44. The number of pyridine rings is 1. The van der Waals surface area contributed by atoms with E-state index in [2.05, 4.69) is 10.3 Å². The van der Waals surface area contributed by atoms with Crippen LogP contribution in [0.3, 0.4) is 0 Å². The van der Waals surface area contributed by atoms with Gasteiger partial charge in [-0.15, -0.1) is 0 Å². The maximum atomic E-state index is 12.9. The fourth-order valence-electron chi connectivity index (χ4n) is 4.12. The van der Waals surface area contributed by atoms with E-state index < -0.39 is 0 Å². The zero-order valence-corrected chi connectivity index (χ0v) is 16.7. The zero-order valence-electron chi connectivity index (χ0n) is 16.7. The van der Waals surface area contributed by atoms with E-state index in [0.29, 0.717) is 40.9 Å². The highest BCUT2D eigenvalue weighted by Gasteiger charge is 2.35. The molecule has 29 heavy (non-hydrogen) atoms. The average Bonchev–Trinajstić information content (AvgIpc) is 3.39. The van der Waals surface area contributed by atoms with Gasteiger partial charge in [0.05, 0.1) is 32.0 Å². The van der Waals surface area contributed by atoms with Crippen molar-refractivity contribution in [3.63, 3.8) is 0 Å². The van der Waals surface area contributed by atoms with Crippen LogP contribution in [0.1, 0.15) is 57.7 Å². The Balaban J connectivity index is 1.51. The zero-order chi connectivity index (χ0) is 20.4. The number of nitrogens with one attached hydrogen (secondary N) is 1. The Morgan fingerprint density at radius 1 is 1.21 bits per heavy atom. The lowest BCUT2D eigenvalue weighted by molar-refractivity contribution is 0.0706. The van der Waals surface area contributed by atoms with Crippen LogP contribution >= 0.6 is 0 Å². The van der Waals surface area contributed by atoms with Crippen molar-refractivity contribution in [2.45, 2.75) is 44.8 Å². The van der Waals surface area contributed by atoms with E-state index in [0.717, 1.165) is 18.5 Å². The summed E-state index contributed by atoms with van der Waals surface area (Å²) in [6, 6.07) is 9.06. The molecule has 1 N–H and O–H groups in total. The number of methoxy groups -OCH3 is 2. The summed E-state index contributed by atoms with van der Waals surface area (Å²) in [5.41, 5.74) is 2.55. The Labute approximate surface area is 170 Å². The number of amides is 2. The van der Waals surface area contributed by atoms with Crippen LogP contribution < -0.4 is 14.8 Å². The van der Waals surface area contributed by atoms with Crippen molar-refractivity contribution in [1.29, 1.82) is 0 Å². The Morgan fingerprint density at radius 3 is 2.72 bits per heavy atom. The first-order valence-corrected chi connectivity index (χ1v) is 9.90. The normalized spacial score (nSPS) is 16.1. The Hall–Kier alpha value is -3.09. The summed E-state index contributed by atoms with van der Waals surface area (Å²) in [4.78, 5) is 31.9. The van der Waals surface area contributed by atoms with Crippen LogP contribution in [0.4, 0.5) is 0 Å². The number of nitrogens with zero attached hydrogens (tertiary/aromatic N) is 2. The van der Waals surface area contributed by atoms with Gasteiger partial charge in [0.25, 0.3) is 11.8 Å². The van der Waals surface area contributed by atoms with Crippen molar-refractivity contribution in [2.24, 2.45) is 0 Å². The summed E-state index contributed by atoms with van der Waals surface area (Å²) in [7, 11) is 3.11. The molecule has 1 fully saturated rings. The lowest BCUT2D eigenvalue weighted by atomic mass is 10.1. The number of aromatic nitrogens is 1. The molecule has 2 amide bonds. The molecule has 0 spiro atoms. The molecule has 152 valence electrons. The molecule has 0 atom stereocenters. The van der Waals surface area contributed by atoms with Crippen LogP contribution in [0, 0.1) is 0 Å². The minimum atomic E-state index is -0.231. The molecule has 0 bridgehead atoms. The number of hydrogen-bond donors (Lipinski definition) is 1. The summed E-state index contributed by atoms with van der Waals surface area (Å²) < 4.78 is 10.6. The van der Waals surface area contributed by atoms with E-state index in [4.69, 9.17) is 9.47 Å². The van der Waals surface area contributed by atoms with Gasteiger partial charge in [-0.05, 0) is 37.1 Å². The molecule has 1 aromatic carbocycles. The summed E-state index contributed by atoms with van der Waals surface area (Å²) >= 11 is 0. The molecule has 1 aromatic heterocycles. The second-order valence-electron chi connectivity index (χ2n) is 7.44. The summed E-state index contributed by atoms with van der Waals surface area (Å²) in [6.45, 7) is 0.752. The Bertz CT molecular complexity index is 938. The monoisotopic (exact) mass is 395 g/mol. The highest BCUT2D eigenvalue weighted by atomic mass is 16.5. The smallest absolute Gasteiger partial charge is 0.256 e. The first kappa shape index (κ1) is 19.2. The average molecular weight is 395 g/mol. The van der Waals surface area contributed by atoms with Crippen molar-refractivity contribution in [2.75, 3.05) is 14.2 Å². The maximum absolute atomic E-state index is 12.9. The van der Waals surface area contributed by atoms with Crippen molar-refractivity contribution in [3.8, 4) is 11.6 Å². The predicted octanol–water partition coefficient (Wildman–Crippen LogP) is 2.93. The highest BCUT2D eigenvalue weighted by molar-refractivity contribution is 5.98. The third kappa shape index (κ3) is 3.77. The molecule has 2 heterocycles. The van der Waals surface area contributed by atoms with Crippen LogP contribution in [0.2, 0.25) is 0 Å². The summed E-state index contributed by atoms with van der Waals surface area (Å²) in [5.74, 6) is 0.857. The first-order chi connectivity index (χ1) is 14.1. The fourth-order valence-corrected chi connectivity index (χ4v) is 4.12. The number of hydrogen-bond acceptors (Lipinski definition) is 5. The SMILES string of the molecule is COc1cccc(C(=O)NCc2cc3c(nc2OC)CN(C2CCCC2)C3=O)c1. The maximum Gasteiger partial charge on any atom is 0.256 e. The van der Waals surface area contributed by atoms with Gasteiger partial charge in [-0.3, -0.25) is 9.59 Å². The van der Waals surface area contributed by atoms with E-state index in [1.54, 1.807) is 38.5 Å². The fraction of sp³-hybridized carbons (Fsp3) is 0.409. The van der Waals surface area contributed by atoms with E-state index in [1.807, 2.05) is 11.0 Å². The number of ether oxygens (including phenoxy) is 2. The molecule has 0 saturated heterocycles. The highest BCUT2D eigenvalue weighted by Crippen LogP contribution is 2.33. The molecule has 1 saturated carbocycles. The summed E-state index contributed by atoms with van der Waals surface area (Å²) in [6.07, 6.45) is 4.45. The van der Waals surface area contributed by atoms with E-state index in [9.17, 15) is 9.59 Å². The molecule has 0 radical (unpaired) electrons. The lowest BCUT2D eigenvalue weighted by Crippen LogP contribution is -2.33. The van der Waals surface area contributed by atoms with E-state index in [1.165, 1.54) is 12.8 Å². The number of rotatable bonds is 6. The van der Waals surface area contributed by atoms with Gasteiger partial charge in [-0.2, -0.15) is 0 Å². The van der Waals surface area contributed by atoms with Crippen LogP contribution in [0.5, 0.6) is 11.6 Å². The number of fused-ring (bicyclic) bond motifs is 1. The molecule has 2 aliphatic rings. The number of carbonyl (C=O) groups excluding carboxylic acids is 2. The van der Waals surface area contributed by atoms with Gasteiger partial charge in [0.1, 0.15) is 5.75 Å². The number of benzene rings is 1. The first-order valence-electron chi connectivity index (χ1n) is 9.90. The van der Waals surface area contributed by atoms with Gasteiger partial charge in [0, 0.05) is 23.7 Å². The topological polar surface area (TPSA) is 80.8 Å². The standard InChI is InChI=1S/C22H25N3O4/c1-28-17-9-5-6-14(10-17)20(26)23-12-15-11-18-19(24-21(15)29-2)13-25(22(18)27)16-7-3-4-8-16/h5-6,9-11,16H,3-4,7-8,12-13H2,1-2H3,(H,23,26). The largest absolute Gasteiger partial charge is 0.497 e. The van der Waals surface area contributed by atoms with E-state index >= 15 is 0 Å². The van der Waals surface area contributed by atoms with Gasteiger partial charge < -0.3 is 19.7 Å². The second kappa shape index (κ2) is 8.11. The molecular weight excluding hydrogens is 370 g/mol. The molecule has 7 heteroatoms. The molecule has 7 nitrogen and oxygen atoms in total. The minimum absolute atomic E-state index is 0.0300. The molecule has 2 aromatic rings. The van der Waals surface area contributed by atoms with Crippen LogP contribution in [0.25, 0.3) is 0 Å². The van der Waals surface area contributed by atoms with Gasteiger partial charge in [0.2, 0.25) is 5.88 Å². The summed E-state index contributed by atoms with van der Waals surface area (Å²) in [5, 5.41) is 2.87. The lowest BCUT2D eigenvalue weighted by Gasteiger charge is -2.22. The van der Waals surface area contributed by atoms with Gasteiger partial charge in [-0.1, -0.05) is 18.9 Å². The number of carbonyl (C=O) groups is 2. The predicted molar refractivity (Wildman–Crippen MR) is 107 cm³/mol. The minimum Gasteiger partial charge on any atom is -0.497 e. The molecule has 1 aliphatic carbocycles. The molecule has 4 rings (SSSR count). The van der Waals surface area contributed by atoms with E-state index in [-0.39, 0.29) is 18.4 Å². The van der Waals surface area contributed by atoms with Gasteiger partial charge in [0.15, 0.2) is 0 Å². The van der Waals surface area contributed by atoms with Gasteiger partial charge in [-0.25, -0.2) is 4.98 Å². The Morgan fingerprint density at radius 2 is 2.00 bits per heavy atom. The van der Waals surface area contributed by atoms with Crippen molar-refractivity contribution in [3.05, 3.63) is 52.7 Å². The third-order valence-electron chi connectivity index (χ3n) is 5.68. The quantitative estimate of drug-likeness (QED) is 0.813. The van der Waals surface area contributed by atoms with Crippen LogP contribution in [0.15, 0.2) is 30.3 Å². The van der Waals surface area contributed by atoms with Gasteiger partial charge >= 0.3 is 0 Å². The Kier molecular flexibility index (Phi) is 5.38. The molecule has 1 aliphatic heterocycles. The van der Waals surface area contributed by atoms with Crippen molar-refractivity contribution >= 4 is 11.8 Å².